The van der Waals surface area contributed by atoms with Crippen LogP contribution in [0.15, 0.2) is 23.6 Å². The molecule has 2 rings (SSSR count). The summed E-state index contributed by atoms with van der Waals surface area (Å²) in [4.78, 5) is 4.44. The Bertz CT molecular complexity index is 599. The van der Waals surface area contributed by atoms with Crippen LogP contribution in [0.25, 0.3) is 0 Å². The summed E-state index contributed by atoms with van der Waals surface area (Å²) in [6, 6.07) is 6.32. The van der Waals surface area contributed by atoms with Crippen LogP contribution in [0.2, 0.25) is 0 Å². The lowest BCUT2D eigenvalue weighted by molar-refractivity contribution is 0.296. The lowest BCUT2D eigenvalue weighted by Gasteiger charge is -2.22. The highest BCUT2D eigenvalue weighted by molar-refractivity contribution is 7.09. The van der Waals surface area contributed by atoms with Gasteiger partial charge in [0, 0.05) is 23.0 Å². The number of rotatable bonds is 5. The van der Waals surface area contributed by atoms with Crippen molar-refractivity contribution in [2.75, 3.05) is 0 Å². The highest BCUT2D eigenvalue weighted by Gasteiger charge is 2.11. The molecule has 21 heavy (non-hydrogen) atoms. The minimum absolute atomic E-state index is 0.0903. The predicted molar refractivity (Wildman–Crippen MR) is 89.0 cm³/mol. The third-order valence-electron chi connectivity index (χ3n) is 3.07. The van der Waals surface area contributed by atoms with Gasteiger partial charge in [0.05, 0.1) is 10.7 Å². The summed E-state index contributed by atoms with van der Waals surface area (Å²) in [5, 5.41) is 6.64. The van der Waals surface area contributed by atoms with Gasteiger partial charge in [-0.2, -0.15) is 0 Å². The van der Waals surface area contributed by atoms with Crippen LogP contribution in [0.3, 0.4) is 0 Å². The van der Waals surface area contributed by atoms with E-state index in [-0.39, 0.29) is 5.54 Å². The predicted octanol–water partition coefficient (Wildman–Crippen LogP) is 4.23. The third kappa shape index (κ3) is 5.14. The molecule has 0 aliphatic heterocycles. The fourth-order valence-electron chi connectivity index (χ4n) is 1.97. The zero-order valence-electron chi connectivity index (χ0n) is 13.5. The Labute approximate surface area is 131 Å². The first-order chi connectivity index (χ1) is 9.83. The molecule has 4 heteroatoms. The third-order valence-corrected chi connectivity index (χ3v) is 3.89. The van der Waals surface area contributed by atoms with Crippen LogP contribution in [0, 0.1) is 13.8 Å². The molecule has 0 amide bonds. The molecular formula is C17H24N2OS. The van der Waals surface area contributed by atoms with Gasteiger partial charge in [-0.1, -0.05) is 17.7 Å². The van der Waals surface area contributed by atoms with Crippen LogP contribution in [0.4, 0.5) is 0 Å². The van der Waals surface area contributed by atoms with Crippen LogP contribution in [0.5, 0.6) is 5.75 Å². The molecule has 0 bridgehead atoms. The van der Waals surface area contributed by atoms with E-state index in [4.69, 9.17) is 4.74 Å². The minimum atomic E-state index is 0.0903. The molecule has 0 aliphatic rings. The normalized spacial score (nSPS) is 11.7. The average Bonchev–Trinajstić information content (AvgIpc) is 2.80. The minimum Gasteiger partial charge on any atom is -0.487 e. The van der Waals surface area contributed by atoms with Gasteiger partial charge in [0.1, 0.15) is 12.4 Å². The molecule has 114 valence electrons. The van der Waals surface area contributed by atoms with E-state index in [0.717, 1.165) is 23.0 Å². The quantitative estimate of drug-likeness (QED) is 0.897. The molecule has 1 N–H and O–H groups in total. The summed E-state index contributed by atoms with van der Waals surface area (Å²) in [7, 11) is 0. The molecule has 0 atom stereocenters. The van der Waals surface area contributed by atoms with Gasteiger partial charge in [0.25, 0.3) is 0 Å². The van der Waals surface area contributed by atoms with Gasteiger partial charge in [-0.05, 0) is 40.7 Å². The van der Waals surface area contributed by atoms with E-state index >= 15 is 0 Å². The van der Waals surface area contributed by atoms with Crippen molar-refractivity contribution in [1.29, 1.82) is 0 Å². The van der Waals surface area contributed by atoms with Gasteiger partial charge in [0.2, 0.25) is 0 Å². The van der Waals surface area contributed by atoms with Gasteiger partial charge in [0.15, 0.2) is 0 Å². The van der Waals surface area contributed by atoms with Gasteiger partial charge in [-0.15, -0.1) is 11.3 Å². The number of aromatic nitrogens is 1. The second-order valence-electron chi connectivity index (χ2n) is 6.36. The Morgan fingerprint density at radius 2 is 2.00 bits per heavy atom. The summed E-state index contributed by atoms with van der Waals surface area (Å²) in [5.41, 5.74) is 3.52. The van der Waals surface area contributed by atoms with Crippen molar-refractivity contribution in [2.45, 2.75) is 53.3 Å². The standard InChI is InChI=1S/C17H24N2OS/c1-12-6-7-16(14(8-12)9-18-17(3,4)5)20-10-15-11-21-13(2)19-15/h6-8,11,18H,9-10H2,1-5H3. The van der Waals surface area contributed by atoms with Crippen molar-refractivity contribution >= 4 is 11.3 Å². The number of nitrogens with zero attached hydrogens (tertiary/aromatic N) is 1. The smallest absolute Gasteiger partial charge is 0.131 e. The first-order valence-electron chi connectivity index (χ1n) is 7.22. The Hall–Kier alpha value is -1.39. The molecule has 0 aliphatic carbocycles. The average molecular weight is 304 g/mol. The van der Waals surface area contributed by atoms with Crippen LogP contribution in [-0.4, -0.2) is 10.5 Å². The highest BCUT2D eigenvalue weighted by Crippen LogP contribution is 2.22. The molecule has 0 saturated carbocycles. The Balaban J connectivity index is 2.07. The second-order valence-corrected chi connectivity index (χ2v) is 7.42. The first-order valence-corrected chi connectivity index (χ1v) is 8.10. The van der Waals surface area contributed by atoms with Crippen molar-refractivity contribution in [3.63, 3.8) is 0 Å². The monoisotopic (exact) mass is 304 g/mol. The van der Waals surface area contributed by atoms with Crippen molar-refractivity contribution < 1.29 is 4.74 Å². The fraction of sp³-hybridized carbons (Fsp3) is 0.471. The zero-order valence-corrected chi connectivity index (χ0v) is 14.3. The van der Waals surface area contributed by atoms with E-state index in [1.54, 1.807) is 11.3 Å². The summed E-state index contributed by atoms with van der Waals surface area (Å²) in [6.45, 7) is 11.9. The number of hydrogen-bond acceptors (Lipinski definition) is 4. The number of thiazole rings is 1. The lowest BCUT2D eigenvalue weighted by Crippen LogP contribution is -2.35. The van der Waals surface area contributed by atoms with Crippen molar-refractivity contribution in [2.24, 2.45) is 0 Å². The van der Waals surface area contributed by atoms with Crippen LogP contribution >= 0.6 is 11.3 Å². The van der Waals surface area contributed by atoms with E-state index in [1.165, 1.54) is 11.1 Å². The molecule has 0 saturated heterocycles. The number of benzene rings is 1. The first kappa shape index (κ1) is 16.0. The van der Waals surface area contributed by atoms with Crippen LogP contribution in [-0.2, 0) is 13.2 Å². The number of nitrogens with one attached hydrogen (secondary N) is 1. The summed E-state index contributed by atoms with van der Waals surface area (Å²) >= 11 is 1.66. The maximum absolute atomic E-state index is 5.96. The summed E-state index contributed by atoms with van der Waals surface area (Å²) in [5.74, 6) is 0.933. The number of ether oxygens (including phenoxy) is 1. The van der Waals surface area contributed by atoms with E-state index in [2.05, 4.69) is 55.5 Å². The molecule has 1 aromatic heterocycles. The molecule has 3 nitrogen and oxygen atoms in total. The SMILES string of the molecule is Cc1ccc(OCc2csc(C)n2)c(CNC(C)(C)C)c1. The Morgan fingerprint density at radius 3 is 2.62 bits per heavy atom. The summed E-state index contributed by atoms with van der Waals surface area (Å²) < 4.78 is 5.96. The second kappa shape index (κ2) is 6.58. The molecule has 1 heterocycles. The molecule has 0 radical (unpaired) electrons. The maximum atomic E-state index is 5.96. The molecule has 0 fully saturated rings. The molecule has 1 aromatic carbocycles. The van der Waals surface area contributed by atoms with E-state index in [9.17, 15) is 0 Å². The van der Waals surface area contributed by atoms with Crippen molar-refractivity contribution in [1.82, 2.24) is 10.3 Å². The molecule has 0 spiro atoms. The van der Waals surface area contributed by atoms with Gasteiger partial charge < -0.3 is 10.1 Å². The van der Waals surface area contributed by atoms with Crippen LogP contribution in [0.1, 0.15) is 42.6 Å². The van der Waals surface area contributed by atoms with E-state index < -0.39 is 0 Å². The van der Waals surface area contributed by atoms with Crippen molar-refractivity contribution in [3.8, 4) is 5.75 Å². The van der Waals surface area contributed by atoms with Crippen LogP contribution < -0.4 is 10.1 Å². The van der Waals surface area contributed by atoms with Crippen molar-refractivity contribution in [3.05, 3.63) is 45.4 Å². The molecule has 0 unspecified atom stereocenters. The van der Waals surface area contributed by atoms with Gasteiger partial charge in [-0.3, -0.25) is 0 Å². The van der Waals surface area contributed by atoms with Gasteiger partial charge >= 0.3 is 0 Å². The van der Waals surface area contributed by atoms with Gasteiger partial charge in [-0.25, -0.2) is 4.98 Å². The van der Waals surface area contributed by atoms with E-state index in [1.807, 2.05) is 13.0 Å². The fourth-order valence-corrected chi connectivity index (χ4v) is 2.57. The topological polar surface area (TPSA) is 34.1 Å². The number of aryl methyl sites for hydroxylation is 2. The maximum Gasteiger partial charge on any atom is 0.131 e. The Kier molecular flexibility index (Phi) is 5.01. The highest BCUT2D eigenvalue weighted by atomic mass is 32.1. The largest absolute Gasteiger partial charge is 0.487 e. The lowest BCUT2D eigenvalue weighted by atomic mass is 10.1. The molecular weight excluding hydrogens is 280 g/mol. The summed E-state index contributed by atoms with van der Waals surface area (Å²) in [6.07, 6.45) is 0. The van der Waals surface area contributed by atoms with E-state index in [0.29, 0.717) is 6.61 Å². The number of hydrogen-bond donors (Lipinski definition) is 1. The zero-order chi connectivity index (χ0) is 15.5. The Morgan fingerprint density at radius 1 is 1.24 bits per heavy atom. The molecule has 2 aromatic rings.